The lowest BCUT2D eigenvalue weighted by Gasteiger charge is -2.37. The lowest BCUT2D eigenvalue weighted by atomic mass is 10.1. The third kappa shape index (κ3) is 6.74. The molecule has 6 nitrogen and oxygen atoms in total. The number of piperidine rings is 1. The maximum Gasteiger partial charge on any atom is 0.236 e. The summed E-state index contributed by atoms with van der Waals surface area (Å²) >= 11 is 0. The average Bonchev–Trinajstić information content (AvgIpc) is 2.76. The fraction of sp³-hybridized carbons (Fsp3) is 0.652. The van der Waals surface area contributed by atoms with Crippen LogP contribution in [0.3, 0.4) is 0 Å². The van der Waals surface area contributed by atoms with Gasteiger partial charge < -0.3 is 15.1 Å². The fourth-order valence-electron chi connectivity index (χ4n) is 4.02. The smallest absolute Gasteiger partial charge is 0.236 e. The van der Waals surface area contributed by atoms with Crippen LogP contribution in [0, 0.1) is 6.92 Å². The van der Waals surface area contributed by atoms with Crippen LogP contribution in [-0.2, 0) is 11.2 Å². The third-order valence-corrected chi connectivity index (χ3v) is 5.86. The minimum Gasteiger partial charge on any atom is -0.357 e. The first-order chi connectivity index (χ1) is 14.2. The number of hydrogen-bond acceptors (Lipinski definition) is 3. The highest BCUT2D eigenvalue weighted by Gasteiger charge is 2.23. The summed E-state index contributed by atoms with van der Waals surface area (Å²) in [4.78, 5) is 24.0. The maximum atomic E-state index is 12.5. The first-order valence-electron chi connectivity index (χ1n) is 11.2. The van der Waals surface area contributed by atoms with Gasteiger partial charge in [0.25, 0.3) is 0 Å². The van der Waals surface area contributed by atoms with Gasteiger partial charge in [-0.05, 0) is 45.1 Å². The SMILES string of the molecule is CCNC(=NCCc1ccc(C)cc1)N1CCN(CC(=O)N2CCCCC2)CC1. The first-order valence-corrected chi connectivity index (χ1v) is 11.2. The van der Waals surface area contributed by atoms with Gasteiger partial charge in [0.15, 0.2) is 5.96 Å². The molecule has 0 bridgehead atoms. The van der Waals surface area contributed by atoms with Crippen LogP contribution in [0.4, 0.5) is 0 Å². The summed E-state index contributed by atoms with van der Waals surface area (Å²) in [5.41, 5.74) is 2.62. The molecule has 0 spiro atoms. The van der Waals surface area contributed by atoms with E-state index in [0.717, 1.165) is 77.6 Å². The highest BCUT2D eigenvalue weighted by Crippen LogP contribution is 2.10. The molecule has 2 heterocycles. The quantitative estimate of drug-likeness (QED) is 0.588. The zero-order valence-corrected chi connectivity index (χ0v) is 18.2. The van der Waals surface area contributed by atoms with Crippen LogP contribution in [0.5, 0.6) is 0 Å². The highest BCUT2D eigenvalue weighted by molar-refractivity contribution is 5.80. The van der Waals surface area contributed by atoms with Crippen molar-refractivity contribution < 1.29 is 4.79 Å². The van der Waals surface area contributed by atoms with Crippen molar-refractivity contribution in [3.8, 4) is 0 Å². The predicted octanol–water partition coefficient (Wildman–Crippen LogP) is 2.13. The molecule has 1 amide bonds. The van der Waals surface area contributed by atoms with Crippen molar-refractivity contribution in [1.82, 2.24) is 20.0 Å². The normalized spacial score (nSPS) is 18.8. The first kappa shape index (κ1) is 21.6. The summed E-state index contributed by atoms with van der Waals surface area (Å²) < 4.78 is 0. The van der Waals surface area contributed by atoms with Gasteiger partial charge in [0.1, 0.15) is 0 Å². The molecule has 0 atom stereocenters. The van der Waals surface area contributed by atoms with Crippen LogP contribution in [0.25, 0.3) is 0 Å². The van der Waals surface area contributed by atoms with Crippen molar-refractivity contribution in [3.05, 3.63) is 35.4 Å². The monoisotopic (exact) mass is 399 g/mol. The van der Waals surface area contributed by atoms with Crippen LogP contribution in [0.1, 0.15) is 37.3 Å². The second-order valence-corrected chi connectivity index (χ2v) is 8.18. The maximum absolute atomic E-state index is 12.5. The van der Waals surface area contributed by atoms with Gasteiger partial charge in [-0.3, -0.25) is 14.7 Å². The Hall–Kier alpha value is -2.08. The van der Waals surface area contributed by atoms with Gasteiger partial charge in [-0.25, -0.2) is 0 Å². The van der Waals surface area contributed by atoms with E-state index in [4.69, 9.17) is 4.99 Å². The molecule has 160 valence electrons. The van der Waals surface area contributed by atoms with Crippen LogP contribution in [-0.4, -0.2) is 85.5 Å². The van der Waals surface area contributed by atoms with E-state index < -0.39 is 0 Å². The summed E-state index contributed by atoms with van der Waals surface area (Å²) in [6, 6.07) is 8.70. The van der Waals surface area contributed by atoms with Gasteiger partial charge >= 0.3 is 0 Å². The number of guanidine groups is 1. The highest BCUT2D eigenvalue weighted by atomic mass is 16.2. The van der Waals surface area contributed by atoms with Crippen LogP contribution in [0.2, 0.25) is 0 Å². The molecule has 0 aromatic heterocycles. The van der Waals surface area contributed by atoms with E-state index in [1.54, 1.807) is 0 Å². The Morgan fingerprint density at radius 3 is 2.31 bits per heavy atom. The van der Waals surface area contributed by atoms with E-state index in [1.165, 1.54) is 17.5 Å². The van der Waals surface area contributed by atoms with E-state index in [0.29, 0.717) is 12.5 Å². The van der Waals surface area contributed by atoms with E-state index in [2.05, 4.69) is 53.2 Å². The molecule has 0 saturated carbocycles. The van der Waals surface area contributed by atoms with Crippen molar-refractivity contribution in [1.29, 1.82) is 0 Å². The summed E-state index contributed by atoms with van der Waals surface area (Å²) in [7, 11) is 0. The van der Waals surface area contributed by atoms with Gasteiger partial charge in [0.2, 0.25) is 5.91 Å². The second kappa shape index (κ2) is 11.2. The molecule has 0 unspecified atom stereocenters. The fourth-order valence-corrected chi connectivity index (χ4v) is 4.02. The molecule has 2 fully saturated rings. The molecule has 1 aromatic carbocycles. The standard InChI is InChI=1S/C23H37N5O/c1-3-24-23(25-12-11-21-9-7-20(2)8-10-21)28-17-15-26(16-18-28)19-22(29)27-13-5-4-6-14-27/h7-10H,3-6,11-19H2,1-2H3,(H,24,25). The summed E-state index contributed by atoms with van der Waals surface area (Å²) in [5, 5.41) is 3.44. The van der Waals surface area contributed by atoms with E-state index >= 15 is 0 Å². The average molecular weight is 400 g/mol. The molecule has 2 aliphatic rings. The lowest BCUT2D eigenvalue weighted by Crippen LogP contribution is -2.54. The van der Waals surface area contributed by atoms with Gasteiger partial charge in [0, 0.05) is 52.4 Å². The van der Waals surface area contributed by atoms with Gasteiger partial charge in [-0.1, -0.05) is 29.8 Å². The molecule has 2 saturated heterocycles. The summed E-state index contributed by atoms with van der Waals surface area (Å²) in [6.45, 7) is 12.0. The Labute approximate surface area is 176 Å². The van der Waals surface area contributed by atoms with Crippen molar-refractivity contribution in [3.63, 3.8) is 0 Å². The summed E-state index contributed by atoms with van der Waals surface area (Å²) in [5.74, 6) is 1.30. The largest absolute Gasteiger partial charge is 0.357 e. The molecule has 1 N–H and O–H groups in total. The third-order valence-electron chi connectivity index (χ3n) is 5.86. The minimum atomic E-state index is 0.303. The predicted molar refractivity (Wildman–Crippen MR) is 119 cm³/mol. The Balaban J connectivity index is 1.45. The van der Waals surface area contributed by atoms with Crippen LogP contribution < -0.4 is 5.32 Å². The van der Waals surface area contributed by atoms with Gasteiger partial charge in [-0.2, -0.15) is 0 Å². The van der Waals surface area contributed by atoms with E-state index in [-0.39, 0.29) is 0 Å². The number of likely N-dealkylation sites (tertiary alicyclic amines) is 1. The number of carbonyl (C=O) groups excluding carboxylic acids is 1. The Morgan fingerprint density at radius 2 is 1.66 bits per heavy atom. The molecule has 1 aromatic rings. The molecular weight excluding hydrogens is 362 g/mol. The second-order valence-electron chi connectivity index (χ2n) is 8.18. The lowest BCUT2D eigenvalue weighted by molar-refractivity contribution is -0.133. The molecule has 29 heavy (non-hydrogen) atoms. The molecule has 0 aliphatic carbocycles. The van der Waals surface area contributed by atoms with Gasteiger partial charge in [-0.15, -0.1) is 0 Å². The Morgan fingerprint density at radius 1 is 0.966 bits per heavy atom. The van der Waals surface area contributed by atoms with Crippen molar-refractivity contribution in [2.24, 2.45) is 4.99 Å². The molecular formula is C23H37N5O. The number of carbonyl (C=O) groups is 1. The number of rotatable bonds is 6. The Kier molecular flexibility index (Phi) is 8.35. The number of aryl methyl sites for hydroxylation is 1. The number of nitrogens with zero attached hydrogens (tertiary/aromatic N) is 4. The van der Waals surface area contributed by atoms with Gasteiger partial charge in [0.05, 0.1) is 6.54 Å². The minimum absolute atomic E-state index is 0.303. The van der Waals surface area contributed by atoms with E-state index in [1.807, 2.05) is 4.90 Å². The van der Waals surface area contributed by atoms with Crippen molar-refractivity contribution in [2.45, 2.75) is 39.5 Å². The number of piperazine rings is 1. The van der Waals surface area contributed by atoms with E-state index in [9.17, 15) is 4.79 Å². The molecule has 2 aliphatic heterocycles. The van der Waals surface area contributed by atoms with Crippen LogP contribution >= 0.6 is 0 Å². The van der Waals surface area contributed by atoms with Crippen molar-refractivity contribution >= 4 is 11.9 Å². The summed E-state index contributed by atoms with van der Waals surface area (Å²) in [6.07, 6.45) is 4.54. The molecule has 0 radical (unpaired) electrons. The molecule has 3 rings (SSSR count). The number of benzene rings is 1. The van der Waals surface area contributed by atoms with Crippen LogP contribution in [0.15, 0.2) is 29.3 Å². The topological polar surface area (TPSA) is 51.2 Å². The Bertz CT molecular complexity index is 658. The zero-order valence-electron chi connectivity index (χ0n) is 18.2. The number of nitrogens with one attached hydrogen (secondary N) is 1. The number of amides is 1. The number of aliphatic imine (C=N–C) groups is 1. The number of hydrogen-bond donors (Lipinski definition) is 1. The molecule has 6 heteroatoms. The van der Waals surface area contributed by atoms with Crippen molar-refractivity contribution in [2.75, 3.05) is 58.9 Å². The zero-order chi connectivity index (χ0) is 20.5.